The molecular weight excluding hydrogens is 296 g/mol. The van der Waals surface area contributed by atoms with Crippen LogP contribution >= 0.6 is 0 Å². The normalized spacial score (nSPS) is 13.7. The lowest BCUT2D eigenvalue weighted by Gasteiger charge is -2.13. The van der Waals surface area contributed by atoms with Gasteiger partial charge in [-0.05, 0) is 24.5 Å². The Kier molecular flexibility index (Phi) is 5.94. The fourth-order valence-electron chi connectivity index (χ4n) is 1.69. The Labute approximate surface area is 125 Å². The molecule has 21 heavy (non-hydrogen) atoms. The zero-order valence-electron chi connectivity index (χ0n) is 12.7. The maximum atomic E-state index is 11.8. The number of rotatable bonds is 7. The maximum Gasteiger partial charge on any atom is 0.287 e. The first-order valence-corrected chi connectivity index (χ1v) is 8.07. The van der Waals surface area contributed by atoms with Crippen LogP contribution in [0.2, 0.25) is 0 Å². The number of hydrogen-bond donors (Lipinski definition) is 2. The summed E-state index contributed by atoms with van der Waals surface area (Å²) in [5.74, 6) is -0.345. The minimum Gasteiger partial charge on any atom is -0.438 e. The van der Waals surface area contributed by atoms with Crippen LogP contribution in [0.15, 0.2) is 21.6 Å². The average Bonchev–Trinajstić information content (AvgIpc) is 2.85. The molecular formula is C13H22N2O5S. The van der Waals surface area contributed by atoms with Crippen LogP contribution in [-0.4, -0.2) is 50.5 Å². The second kappa shape index (κ2) is 7.06. The van der Waals surface area contributed by atoms with Crippen molar-refractivity contribution in [1.29, 1.82) is 0 Å². The van der Waals surface area contributed by atoms with Crippen LogP contribution in [0.1, 0.15) is 30.8 Å². The molecule has 0 aliphatic carbocycles. The number of sulfonamides is 1. The number of aliphatic hydroxyl groups excluding tert-OH is 1. The van der Waals surface area contributed by atoms with Crippen LogP contribution in [0.5, 0.6) is 0 Å². The minimum absolute atomic E-state index is 0.0908. The molecule has 7 nitrogen and oxygen atoms in total. The third-order valence-electron chi connectivity index (χ3n) is 2.78. The predicted molar refractivity (Wildman–Crippen MR) is 77.4 cm³/mol. The number of nitrogens with one attached hydrogen (secondary N) is 1. The van der Waals surface area contributed by atoms with Crippen molar-refractivity contribution in [2.24, 2.45) is 5.92 Å². The molecule has 0 aliphatic rings. The summed E-state index contributed by atoms with van der Waals surface area (Å²) in [4.78, 5) is 11.8. The Morgan fingerprint density at radius 2 is 2.00 bits per heavy atom. The molecule has 0 aliphatic heterocycles. The van der Waals surface area contributed by atoms with Crippen LogP contribution in [0.4, 0.5) is 0 Å². The predicted octanol–water partition coefficient (Wildman–Crippen LogP) is 0.667. The van der Waals surface area contributed by atoms with E-state index >= 15 is 0 Å². The highest BCUT2D eigenvalue weighted by molar-refractivity contribution is 7.88. The van der Waals surface area contributed by atoms with Crippen LogP contribution in [0.25, 0.3) is 0 Å². The molecule has 1 amide bonds. The number of furan rings is 1. The zero-order chi connectivity index (χ0) is 16.2. The Hall–Kier alpha value is -1.38. The largest absolute Gasteiger partial charge is 0.438 e. The van der Waals surface area contributed by atoms with E-state index in [1.54, 1.807) is 0 Å². The lowest BCUT2D eigenvalue weighted by atomic mass is 10.1. The summed E-state index contributed by atoms with van der Waals surface area (Å²) < 4.78 is 29.7. The molecule has 0 saturated carbocycles. The van der Waals surface area contributed by atoms with E-state index in [1.165, 1.54) is 26.2 Å². The van der Waals surface area contributed by atoms with E-state index in [4.69, 9.17) is 4.42 Å². The number of nitrogens with zero attached hydrogens (tertiary/aromatic N) is 1. The van der Waals surface area contributed by atoms with Gasteiger partial charge in [0, 0.05) is 20.6 Å². The number of hydrogen-bond acceptors (Lipinski definition) is 5. The van der Waals surface area contributed by atoms with E-state index in [0.717, 1.165) is 4.31 Å². The molecule has 8 heteroatoms. The van der Waals surface area contributed by atoms with E-state index in [9.17, 15) is 18.3 Å². The van der Waals surface area contributed by atoms with Crippen molar-refractivity contribution in [2.45, 2.75) is 31.5 Å². The van der Waals surface area contributed by atoms with Gasteiger partial charge >= 0.3 is 0 Å². The van der Waals surface area contributed by atoms with Crippen LogP contribution < -0.4 is 5.32 Å². The molecule has 0 saturated heterocycles. The molecule has 1 aromatic rings. The van der Waals surface area contributed by atoms with E-state index in [0.29, 0.717) is 12.3 Å². The topological polar surface area (TPSA) is 99.8 Å². The fourth-order valence-corrected chi connectivity index (χ4v) is 2.48. The highest BCUT2D eigenvalue weighted by atomic mass is 32.2. The Balaban J connectivity index is 2.67. The van der Waals surface area contributed by atoms with E-state index in [-0.39, 0.29) is 17.4 Å². The molecule has 0 radical (unpaired) electrons. The van der Waals surface area contributed by atoms with Gasteiger partial charge in [0.05, 0.1) is 6.10 Å². The van der Waals surface area contributed by atoms with E-state index < -0.39 is 22.0 Å². The van der Waals surface area contributed by atoms with Crippen molar-refractivity contribution in [3.8, 4) is 0 Å². The fraction of sp³-hybridized carbons (Fsp3) is 0.615. The molecule has 0 bridgehead atoms. The van der Waals surface area contributed by atoms with Crippen molar-refractivity contribution in [3.63, 3.8) is 0 Å². The van der Waals surface area contributed by atoms with Crippen molar-refractivity contribution in [1.82, 2.24) is 9.62 Å². The highest BCUT2D eigenvalue weighted by Crippen LogP contribution is 2.16. The molecule has 2 N–H and O–H groups in total. The summed E-state index contributed by atoms with van der Waals surface area (Å²) in [6.07, 6.45) is -0.0764. The van der Waals surface area contributed by atoms with Crippen molar-refractivity contribution in [2.75, 3.05) is 20.6 Å². The van der Waals surface area contributed by atoms with Gasteiger partial charge in [-0.1, -0.05) is 13.8 Å². The Bertz CT molecular complexity index is 577. The zero-order valence-corrected chi connectivity index (χ0v) is 13.5. The lowest BCUT2D eigenvalue weighted by molar-refractivity contribution is 0.0868. The summed E-state index contributed by atoms with van der Waals surface area (Å²) in [6.45, 7) is 4.03. The first kappa shape index (κ1) is 17.7. The SMILES string of the molecule is CC(C)CC(O)CNC(=O)c1ccc(S(=O)(=O)N(C)C)o1. The monoisotopic (exact) mass is 318 g/mol. The van der Waals surface area contributed by atoms with Gasteiger partial charge in [-0.2, -0.15) is 0 Å². The molecule has 1 rings (SSSR count). The molecule has 1 aromatic heterocycles. The molecule has 0 spiro atoms. The summed E-state index contributed by atoms with van der Waals surface area (Å²) in [6, 6.07) is 2.52. The second-order valence-corrected chi connectivity index (χ2v) is 7.48. The third-order valence-corrected chi connectivity index (χ3v) is 4.47. The molecule has 1 heterocycles. The summed E-state index contributed by atoms with van der Waals surface area (Å²) in [5, 5.41) is 11.9. The molecule has 1 unspecified atom stereocenters. The quantitative estimate of drug-likeness (QED) is 0.769. The van der Waals surface area contributed by atoms with Crippen molar-refractivity contribution < 1.29 is 22.7 Å². The highest BCUT2D eigenvalue weighted by Gasteiger charge is 2.23. The van der Waals surface area contributed by atoms with E-state index in [1.807, 2.05) is 13.8 Å². The smallest absolute Gasteiger partial charge is 0.287 e. The van der Waals surface area contributed by atoms with Gasteiger partial charge in [-0.25, -0.2) is 12.7 Å². The number of carbonyl (C=O) groups excluding carboxylic acids is 1. The molecule has 120 valence electrons. The van der Waals surface area contributed by atoms with Crippen molar-refractivity contribution in [3.05, 3.63) is 17.9 Å². The van der Waals surface area contributed by atoms with Gasteiger partial charge in [0.2, 0.25) is 5.09 Å². The van der Waals surface area contributed by atoms with Crippen LogP contribution in [-0.2, 0) is 10.0 Å². The van der Waals surface area contributed by atoms with Gasteiger partial charge in [-0.3, -0.25) is 4.79 Å². The van der Waals surface area contributed by atoms with Gasteiger partial charge in [0.1, 0.15) is 0 Å². The number of carbonyl (C=O) groups is 1. The lowest BCUT2D eigenvalue weighted by Crippen LogP contribution is -2.32. The van der Waals surface area contributed by atoms with E-state index in [2.05, 4.69) is 5.32 Å². The maximum absolute atomic E-state index is 11.8. The van der Waals surface area contributed by atoms with Gasteiger partial charge in [0.15, 0.2) is 5.76 Å². The first-order valence-electron chi connectivity index (χ1n) is 6.63. The minimum atomic E-state index is -3.70. The van der Waals surface area contributed by atoms with Crippen molar-refractivity contribution >= 4 is 15.9 Å². The van der Waals surface area contributed by atoms with Crippen LogP contribution in [0.3, 0.4) is 0 Å². The van der Waals surface area contributed by atoms with Gasteiger partial charge < -0.3 is 14.8 Å². The van der Waals surface area contributed by atoms with Gasteiger partial charge in [-0.15, -0.1) is 0 Å². The summed E-state index contributed by atoms with van der Waals surface area (Å²) in [7, 11) is -0.950. The van der Waals surface area contributed by atoms with Crippen LogP contribution in [0, 0.1) is 5.92 Å². The number of amides is 1. The number of aliphatic hydroxyl groups is 1. The standard InChI is InChI=1S/C13H22N2O5S/c1-9(2)7-10(16)8-14-13(17)11-5-6-12(20-11)21(18,19)15(3)4/h5-6,9-10,16H,7-8H2,1-4H3,(H,14,17). The first-order chi connectivity index (χ1) is 9.64. The molecule has 0 fully saturated rings. The Morgan fingerprint density at radius 3 is 2.52 bits per heavy atom. The third kappa shape index (κ3) is 4.83. The summed E-state index contributed by atoms with van der Waals surface area (Å²) in [5.41, 5.74) is 0. The second-order valence-electron chi connectivity index (χ2n) is 5.40. The molecule has 1 atom stereocenters. The van der Waals surface area contributed by atoms with Gasteiger partial charge in [0.25, 0.3) is 15.9 Å². The Morgan fingerprint density at radius 1 is 1.38 bits per heavy atom. The average molecular weight is 318 g/mol. The molecule has 0 aromatic carbocycles. The summed E-state index contributed by atoms with van der Waals surface area (Å²) >= 11 is 0.